The van der Waals surface area contributed by atoms with E-state index < -0.39 is 0 Å². The van der Waals surface area contributed by atoms with Gasteiger partial charge >= 0.3 is 0 Å². The van der Waals surface area contributed by atoms with Crippen LogP contribution in [0.25, 0.3) is 0 Å². The number of nitrogens with one attached hydrogen (secondary N) is 1. The third-order valence-electron chi connectivity index (χ3n) is 4.38. The fourth-order valence-corrected chi connectivity index (χ4v) is 3.59. The number of piperidine rings is 2. The Hall–Kier alpha value is -0.730. The number of ether oxygens (including phenoxy) is 1. The van der Waals surface area contributed by atoms with Crippen molar-refractivity contribution in [3.63, 3.8) is 0 Å². The molecule has 1 aromatic carbocycles. The Morgan fingerprint density at radius 1 is 1.11 bits per heavy atom. The standard InChI is InChI=1S/C16H22ClNO/c1-10-6-14(7-11(2)16(10)17)19-15-8-12-4-3-5-13(9-15)18-12/h6-7,12-13,15,18H,3-5,8-9H2,1-2H3/t12-,13+,15-. The Balaban J connectivity index is 1.71. The molecule has 1 aromatic rings. The van der Waals surface area contributed by atoms with Gasteiger partial charge in [0.25, 0.3) is 0 Å². The highest BCUT2D eigenvalue weighted by Gasteiger charge is 2.32. The Kier molecular flexibility index (Phi) is 3.72. The average Bonchev–Trinajstić information content (AvgIpc) is 2.35. The lowest BCUT2D eigenvalue weighted by atomic mass is 9.85. The summed E-state index contributed by atoms with van der Waals surface area (Å²) in [6.45, 7) is 4.08. The van der Waals surface area contributed by atoms with Gasteiger partial charge in [-0.1, -0.05) is 18.0 Å². The molecule has 0 spiro atoms. The van der Waals surface area contributed by atoms with Crippen molar-refractivity contribution in [1.29, 1.82) is 0 Å². The van der Waals surface area contributed by atoms with Crippen LogP contribution in [0.3, 0.4) is 0 Å². The van der Waals surface area contributed by atoms with E-state index in [1.807, 2.05) is 13.8 Å². The topological polar surface area (TPSA) is 21.3 Å². The van der Waals surface area contributed by atoms with E-state index >= 15 is 0 Å². The first-order chi connectivity index (χ1) is 9.11. The summed E-state index contributed by atoms with van der Waals surface area (Å²) >= 11 is 6.20. The molecule has 0 aromatic heterocycles. The maximum atomic E-state index is 6.21. The quantitative estimate of drug-likeness (QED) is 0.883. The summed E-state index contributed by atoms with van der Waals surface area (Å²) < 4.78 is 6.21. The van der Waals surface area contributed by atoms with Gasteiger partial charge in [0.05, 0.1) is 0 Å². The Bertz CT molecular complexity index is 439. The van der Waals surface area contributed by atoms with Crippen LogP contribution in [-0.2, 0) is 0 Å². The van der Waals surface area contributed by atoms with Crippen molar-refractivity contribution in [3.05, 3.63) is 28.3 Å². The first kappa shape index (κ1) is 13.3. The van der Waals surface area contributed by atoms with E-state index in [1.54, 1.807) is 0 Å². The Morgan fingerprint density at radius 2 is 1.68 bits per heavy atom. The molecule has 2 aliphatic rings. The van der Waals surface area contributed by atoms with Gasteiger partial charge in [0, 0.05) is 17.1 Å². The normalized spacial score (nSPS) is 30.2. The van der Waals surface area contributed by atoms with Crippen molar-refractivity contribution >= 4 is 11.6 Å². The number of hydrogen-bond donors (Lipinski definition) is 1. The zero-order chi connectivity index (χ0) is 13.4. The monoisotopic (exact) mass is 279 g/mol. The molecule has 2 saturated heterocycles. The summed E-state index contributed by atoms with van der Waals surface area (Å²) in [5.74, 6) is 0.976. The predicted octanol–water partition coefficient (Wildman–Crippen LogP) is 4.01. The molecule has 1 N–H and O–H groups in total. The van der Waals surface area contributed by atoms with E-state index in [0.717, 1.165) is 34.7 Å². The van der Waals surface area contributed by atoms with Crippen LogP contribution >= 0.6 is 11.6 Å². The van der Waals surface area contributed by atoms with Gasteiger partial charge in [-0.05, 0) is 62.8 Å². The van der Waals surface area contributed by atoms with Crippen molar-refractivity contribution in [2.45, 2.75) is 64.1 Å². The van der Waals surface area contributed by atoms with Crippen LogP contribution < -0.4 is 10.1 Å². The lowest BCUT2D eigenvalue weighted by Gasteiger charge is -2.40. The van der Waals surface area contributed by atoms with Crippen LogP contribution in [0, 0.1) is 13.8 Å². The SMILES string of the molecule is Cc1cc(O[C@@H]2C[C@H]3CCC[C@@H](C2)N3)cc(C)c1Cl. The number of halogens is 1. The summed E-state index contributed by atoms with van der Waals surface area (Å²) in [6, 6.07) is 5.44. The van der Waals surface area contributed by atoms with Crippen LogP contribution in [0.5, 0.6) is 5.75 Å². The summed E-state index contributed by atoms with van der Waals surface area (Å²) in [7, 11) is 0. The van der Waals surface area contributed by atoms with Crippen LogP contribution in [0.1, 0.15) is 43.2 Å². The molecule has 0 aliphatic carbocycles. The number of aryl methyl sites for hydroxylation is 2. The molecular formula is C16H22ClNO. The number of rotatable bonds is 2. The van der Waals surface area contributed by atoms with Crippen molar-refractivity contribution in [2.24, 2.45) is 0 Å². The first-order valence-electron chi connectivity index (χ1n) is 7.31. The largest absolute Gasteiger partial charge is 0.490 e. The van der Waals surface area contributed by atoms with E-state index in [9.17, 15) is 0 Å². The molecule has 2 bridgehead atoms. The number of benzene rings is 1. The van der Waals surface area contributed by atoms with Gasteiger partial charge in [-0.3, -0.25) is 0 Å². The fraction of sp³-hybridized carbons (Fsp3) is 0.625. The molecule has 2 nitrogen and oxygen atoms in total. The smallest absolute Gasteiger partial charge is 0.120 e. The minimum absolute atomic E-state index is 0.358. The van der Waals surface area contributed by atoms with Crippen molar-refractivity contribution in [3.8, 4) is 5.75 Å². The lowest BCUT2D eigenvalue weighted by Crippen LogP contribution is -2.51. The second kappa shape index (κ2) is 5.34. The highest BCUT2D eigenvalue weighted by molar-refractivity contribution is 6.32. The second-order valence-corrected chi connectivity index (χ2v) is 6.45. The molecule has 3 heteroatoms. The van der Waals surface area contributed by atoms with Crippen LogP contribution in [0.2, 0.25) is 5.02 Å². The molecule has 2 heterocycles. The lowest BCUT2D eigenvalue weighted by molar-refractivity contribution is 0.0926. The molecule has 0 amide bonds. The summed E-state index contributed by atoms with van der Waals surface area (Å²) in [4.78, 5) is 0. The maximum absolute atomic E-state index is 6.21. The molecule has 2 aliphatic heterocycles. The minimum Gasteiger partial charge on any atom is -0.490 e. The average molecular weight is 280 g/mol. The molecule has 104 valence electrons. The molecule has 0 unspecified atom stereocenters. The van der Waals surface area contributed by atoms with E-state index in [2.05, 4.69) is 17.4 Å². The van der Waals surface area contributed by atoms with Gasteiger partial charge in [0.15, 0.2) is 0 Å². The van der Waals surface area contributed by atoms with Gasteiger partial charge in [0.2, 0.25) is 0 Å². The first-order valence-corrected chi connectivity index (χ1v) is 7.69. The Morgan fingerprint density at radius 3 is 2.26 bits per heavy atom. The van der Waals surface area contributed by atoms with Gasteiger partial charge in [0.1, 0.15) is 11.9 Å². The fourth-order valence-electron chi connectivity index (χ4n) is 3.48. The number of fused-ring (bicyclic) bond motifs is 2. The van der Waals surface area contributed by atoms with E-state index in [1.165, 1.54) is 19.3 Å². The molecule has 3 atom stereocenters. The van der Waals surface area contributed by atoms with Crippen molar-refractivity contribution < 1.29 is 4.74 Å². The minimum atomic E-state index is 0.358. The van der Waals surface area contributed by atoms with Crippen LogP contribution in [0.15, 0.2) is 12.1 Å². The van der Waals surface area contributed by atoms with Crippen LogP contribution in [0.4, 0.5) is 0 Å². The van der Waals surface area contributed by atoms with Crippen LogP contribution in [-0.4, -0.2) is 18.2 Å². The molecule has 19 heavy (non-hydrogen) atoms. The van der Waals surface area contributed by atoms with E-state index in [0.29, 0.717) is 18.2 Å². The highest BCUT2D eigenvalue weighted by Crippen LogP contribution is 2.31. The molecule has 0 radical (unpaired) electrons. The molecule has 2 fully saturated rings. The third kappa shape index (κ3) is 2.90. The molecule has 0 saturated carbocycles. The van der Waals surface area contributed by atoms with Crippen molar-refractivity contribution in [2.75, 3.05) is 0 Å². The van der Waals surface area contributed by atoms with Gasteiger partial charge in [-0.15, -0.1) is 0 Å². The molecule has 3 rings (SSSR count). The van der Waals surface area contributed by atoms with Gasteiger partial charge in [-0.2, -0.15) is 0 Å². The zero-order valence-corrected chi connectivity index (χ0v) is 12.5. The summed E-state index contributed by atoms with van der Waals surface area (Å²) in [5.41, 5.74) is 2.21. The highest BCUT2D eigenvalue weighted by atomic mass is 35.5. The second-order valence-electron chi connectivity index (χ2n) is 6.07. The van der Waals surface area contributed by atoms with E-state index in [4.69, 9.17) is 16.3 Å². The van der Waals surface area contributed by atoms with Crippen molar-refractivity contribution in [1.82, 2.24) is 5.32 Å². The number of hydrogen-bond acceptors (Lipinski definition) is 2. The maximum Gasteiger partial charge on any atom is 0.120 e. The predicted molar refractivity (Wildman–Crippen MR) is 79.1 cm³/mol. The molecular weight excluding hydrogens is 258 g/mol. The van der Waals surface area contributed by atoms with Gasteiger partial charge in [-0.25, -0.2) is 0 Å². The van der Waals surface area contributed by atoms with E-state index in [-0.39, 0.29) is 0 Å². The Labute approximate surface area is 120 Å². The zero-order valence-electron chi connectivity index (χ0n) is 11.7. The summed E-state index contributed by atoms with van der Waals surface area (Å²) in [5, 5.41) is 4.56. The van der Waals surface area contributed by atoms with Gasteiger partial charge < -0.3 is 10.1 Å². The third-order valence-corrected chi connectivity index (χ3v) is 4.98. The summed E-state index contributed by atoms with van der Waals surface area (Å²) in [6.07, 6.45) is 6.60.